The fraction of sp³-hybridized carbons (Fsp3) is 0.222. The quantitative estimate of drug-likeness (QED) is 0.770. The molecule has 1 amide bonds. The molecule has 0 aliphatic rings. The van der Waals surface area contributed by atoms with Crippen molar-refractivity contribution in [2.75, 3.05) is 17.3 Å². The van der Waals surface area contributed by atoms with Gasteiger partial charge in [0.05, 0.1) is 17.4 Å². The molecule has 0 atom stereocenters. The largest absolute Gasteiger partial charge is 0.478 e. The molecular formula is C9H10N2O5S. The Labute approximate surface area is 97.4 Å². The Kier molecular flexibility index (Phi) is 3.79. The van der Waals surface area contributed by atoms with Gasteiger partial charge in [-0.2, -0.15) is 0 Å². The van der Waals surface area contributed by atoms with Crippen LogP contribution >= 0.6 is 0 Å². The summed E-state index contributed by atoms with van der Waals surface area (Å²) in [6.45, 7) is 0. The lowest BCUT2D eigenvalue weighted by molar-refractivity contribution is -0.113. The molecule has 0 radical (unpaired) electrons. The van der Waals surface area contributed by atoms with E-state index in [1.165, 1.54) is 12.3 Å². The van der Waals surface area contributed by atoms with E-state index in [4.69, 9.17) is 5.11 Å². The molecule has 8 heteroatoms. The minimum Gasteiger partial charge on any atom is -0.478 e. The number of nitrogens with zero attached hydrogens (tertiary/aromatic N) is 1. The van der Waals surface area contributed by atoms with Crippen molar-refractivity contribution < 1.29 is 23.1 Å². The number of hydrogen-bond donors (Lipinski definition) is 2. The number of sulfone groups is 1. The maximum atomic E-state index is 11.3. The number of pyridine rings is 1. The molecule has 2 N–H and O–H groups in total. The Morgan fingerprint density at radius 3 is 2.65 bits per heavy atom. The van der Waals surface area contributed by atoms with Gasteiger partial charge >= 0.3 is 5.97 Å². The lowest BCUT2D eigenvalue weighted by Gasteiger charge is -2.06. The van der Waals surface area contributed by atoms with Crippen LogP contribution in [0.2, 0.25) is 0 Å². The molecule has 1 rings (SSSR count). The summed E-state index contributed by atoms with van der Waals surface area (Å²) in [6, 6.07) is 1.21. The molecule has 0 bridgehead atoms. The number of aromatic nitrogens is 1. The number of amides is 1. The Balaban J connectivity index is 2.89. The predicted molar refractivity (Wildman–Crippen MR) is 59.5 cm³/mol. The van der Waals surface area contributed by atoms with Gasteiger partial charge in [-0.3, -0.25) is 9.78 Å². The van der Waals surface area contributed by atoms with Crippen molar-refractivity contribution in [3.8, 4) is 0 Å². The topological polar surface area (TPSA) is 113 Å². The molecule has 1 aromatic rings. The summed E-state index contributed by atoms with van der Waals surface area (Å²) >= 11 is 0. The SMILES string of the molecule is CS(=O)(=O)CC(=O)Nc1cnccc1C(=O)O. The molecule has 0 unspecified atom stereocenters. The standard InChI is InChI=1S/C9H10N2O5S/c1-17(15,16)5-8(12)11-7-4-10-3-2-6(7)9(13)14/h2-4H,5H2,1H3,(H,11,12)(H,13,14). The smallest absolute Gasteiger partial charge is 0.337 e. The van der Waals surface area contributed by atoms with Gasteiger partial charge in [0.2, 0.25) is 5.91 Å². The van der Waals surface area contributed by atoms with Gasteiger partial charge in [-0.05, 0) is 6.07 Å². The fourth-order valence-corrected chi connectivity index (χ4v) is 1.65. The highest BCUT2D eigenvalue weighted by molar-refractivity contribution is 7.91. The van der Waals surface area contributed by atoms with Crippen LogP contribution in [0.1, 0.15) is 10.4 Å². The Morgan fingerprint density at radius 2 is 2.12 bits per heavy atom. The number of carboxylic acids is 1. The highest BCUT2D eigenvalue weighted by atomic mass is 32.2. The summed E-state index contributed by atoms with van der Waals surface area (Å²) in [5, 5.41) is 11.0. The first-order valence-electron chi connectivity index (χ1n) is 4.44. The molecule has 0 aromatic carbocycles. The van der Waals surface area contributed by atoms with Crippen LogP contribution in [0.25, 0.3) is 0 Å². The zero-order chi connectivity index (χ0) is 13.1. The van der Waals surface area contributed by atoms with Gasteiger partial charge in [0.1, 0.15) is 5.75 Å². The van der Waals surface area contributed by atoms with Gasteiger partial charge in [-0.25, -0.2) is 13.2 Å². The zero-order valence-corrected chi connectivity index (χ0v) is 9.69. The van der Waals surface area contributed by atoms with E-state index in [-0.39, 0.29) is 11.3 Å². The normalized spacial score (nSPS) is 10.9. The third kappa shape index (κ3) is 4.19. The maximum absolute atomic E-state index is 11.3. The van der Waals surface area contributed by atoms with E-state index in [0.717, 1.165) is 12.5 Å². The molecule has 0 fully saturated rings. The van der Waals surface area contributed by atoms with Gasteiger partial charge in [-0.15, -0.1) is 0 Å². The molecule has 0 aliphatic carbocycles. The van der Waals surface area contributed by atoms with E-state index < -0.39 is 27.5 Å². The third-order valence-corrected chi connectivity index (χ3v) is 2.51. The van der Waals surface area contributed by atoms with Crippen LogP contribution in [-0.2, 0) is 14.6 Å². The molecular weight excluding hydrogens is 248 g/mol. The number of carboxylic acid groups (broad SMARTS) is 1. The molecule has 0 aliphatic heterocycles. The molecule has 7 nitrogen and oxygen atoms in total. The second-order valence-electron chi connectivity index (χ2n) is 3.34. The monoisotopic (exact) mass is 258 g/mol. The van der Waals surface area contributed by atoms with Gasteiger partial charge in [0, 0.05) is 12.5 Å². The van der Waals surface area contributed by atoms with Gasteiger partial charge < -0.3 is 10.4 Å². The van der Waals surface area contributed by atoms with Crippen LogP contribution in [0.3, 0.4) is 0 Å². The second-order valence-corrected chi connectivity index (χ2v) is 5.48. The van der Waals surface area contributed by atoms with E-state index in [2.05, 4.69) is 10.3 Å². The third-order valence-electron chi connectivity index (χ3n) is 1.72. The van der Waals surface area contributed by atoms with Gasteiger partial charge in [-0.1, -0.05) is 0 Å². The molecule has 0 spiro atoms. The molecule has 92 valence electrons. The molecule has 0 saturated heterocycles. The van der Waals surface area contributed by atoms with Crippen LogP contribution in [0.4, 0.5) is 5.69 Å². The van der Waals surface area contributed by atoms with Crippen molar-refractivity contribution in [3.63, 3.8) is 0 Å². The number of anilines is 1. The minimum atomic E-state index is -3.46. The zero-order valence-electron chi connectivity index (χ0n) is 8.87. The van der Waals surface area contributed by atoms with Crippen molar-refractivity contribution in [3.05, 3.63) is 24.0 Å². The average Bonchev–Trinajstić information content (AvgIpc) is 2.14. The fourth-order valence-electron chi connectivity index (χ4n) is 1.10. The Bertz CT molecular complexity index is 552. The van der Waals surface area contributed by atoms with Crippen molar-refractivity contribution in [1.29, 1.82) is 0 Å². The number of nitrogens with one attached hydrogen (secondary N) is 1. The maximum Gasteiger partial charge on any atom is 0.337 e. The van der Waals surface area contributed by atoms with E-state index in [1.807, 2.05) is 0 Å². The molecule has 1 aromatic heterocycles. The molecule has 17 heavy (non-hydrogen) atoms. The van der Waals surface area contributed by atoms with Crippen LogP contribution < -0.4 is 5.32 Å². The van der Waals surface area contributed by atoms with E-state index in [9.17, 15) is 18.0 Å². The van der Waals surface area contributed by atoms with E-state index in [1.54, 1.807) is 0 Å². The van der Waals surface area contributed by atoms with Crippen molar-refractivity contribution >= 4 is 27.4 Å². The van der Waals surface area contributed by atoms with Crippen molar-refractivity contribution in [2.45, 2.75) is 0 Å². The second kappa shape index (κ2) is 4.91. The number of hydrogen-bond acceptors (Lipinski definition) is 5. The Hall–Kier alpha value is -1.96. The first-order valence-corrected chi connectivity index (χ1v) is 6.50. The molecule has 0 saturated carbocycles. The highest BCUT2D eigenvalue weighted by Crippen LogP contribution is 2.13. The number of carbonyl (C=O) groups is 2. The molecule has 1 heterocycles. The summed E-state index contributed by atoms with van der Waals surface area (Å²) in [6.07, 6.45) is 3.31. The first kappa shape index (κ1) is 13.1. The summed E-state index contributed by atoms with van der Waals surface area (Å²) in [7, 11) is -3.46. The average molecular weight is 258 g/mol. The van der Waals surface area contributed by atoms with Crippen LogP contribution in [0.5, 0.6) is 0 Å². The van der Waals surface area contributed by atoms with E-state index in [0.29, 0.717) is 0 Å². The summed E-state index contributed by atoms with van der Waals surface area (Å²) < 4.78 is 21.7. The van der Waals surface area contributed by atoms with Crippen LogP contribution in [0, 0.1) is 0 Å². The summed E-state index contributed by atoms with van der Waals surface area (Å²) in [4.78, 5) is 25.7. The predicted octanol–water partition coefficient (Wildman–Crippen LogP) is -0.237. The van der Waals surface area contributed by atoms with Gasteiger partial charge in [0.25, 0.3) is 0 Å². The lowest BCUT2D eigenvalue weighted by atomic mass is 10.2. The highest BCUT2D eigenvalue weighted by Gasteiger charge is 2.15. The summed E-state index contributed by atoms with van der Waals surface area (Å²) in [5.74, 6) is -2.74. The van der Waals surface area contributed by atoms with Crippen LogP contribution in [-0.4, -0.2) is 42.4 Å². The number of aromatic carboxylic acids is 1. The van der Waals surface area contributed by atoms with E-state index >= 15 is 0 Å². The first-order chi connectivity index (χ1) is 7.79. The van der Waals surface area contributed by atoms with Crippen molar-refractivity contribution in [1.82, 2.24) is 4.98 Å². The Morgan fingerprint density at radius 1 is 1.47 bits per heavy atom. The minimum absolute atomic E-state index is 0.0337. The van der Waals surface area contributed by atoms with Gasteiger partial charge in [0.15, 0.2) is 9.84 Å². The lowest BCUT2D eigenvalue weighted by Crippen LogP contribution is -2.23. The number of carbonyl (C=O) groups excluding carboxylic acids is 1. The summed E-state index contributed by atoms with van der Waals surface area (Å²) in [5.41, 5.74) is -0.185. The number of rotatable bonds is 4. The van der Waals surface area contributed by atoms with Crippen LogP contribution in [0.15, 0.2) is 18.5 Å². The van der Waals surface area contributed by atoms with Crippen molar-refractivity contribution in [2.24, 2.45) is 0 Å².